The minimum absolute atomic E-state index is 0.0275. The third-order valence-electron chi connectivity index (χ3n) is 6.18. The summed E-state index contributed by atoms with van der Waals surface area (Å²) in [5.74, 6) is -0.384. The van der Waals surface area contributed by atoms with Crippen LogP contribution in [0.3, 0.4) is 0 Å². The Morgan fingerprint density at radius 1 is 1.15 bits per heavy atom. The van der Waals surface area contributed by atoms with Crippen molar-refractivity contribution in [3.8, 4) is 0 Å². The van der Waals surface area contributed by atoms with Crippen LogP contribution in [0.4, 0.5) is 4.39 Å². The number of oxazole rings is 1. The molecule has 3 heterocycles. The van der Waals surface area contributed by atoms with Crippen molar-refractivity contribution < 1.29 is 18.4 Å². The molecule has 1 aliphatic heterocycles. The molecule has 1 saturated heterocycles. The zero-order valence-corrected chi connectivity index (χ0v) is 19.0. The molecule has 0 spiro atoms. The molecule has 1 amide bonds. The van der Waals surface area contributed by atoms with Gasteiger partial charge in [0.15, 0.2) is 12.2 Å². The summed E-state index contributed by atoms with van der Waals surface area (Å²) >= 11 is 0. The Hall–Kier alpha value is -3.39. The van der Waals surface area contributed by atoms with E-state index in [9.17, 15) is 14.0 Å². The molecule has 172 valence electrons. The lowest BCUT2D eigenvalue weighted by molar-refractivity contribution is 0.0446. The number of carbonyl (C=O) groups excluding carboxylic acids is 2. The number of benzene rings is 1. The number of aromatic nitrogens is 2. The van der Waals surface area contributed by atoms with Gasteiger partial charge in [-0.05, 0) is 61.7 Å². The first-order valence-electron chi connectivity index (χ1n) is 11.0. The van der Waals surface area contributed by atoms with Crippen molar-refractivity contribution >= 4 is 11.7 Å². The molecule has 2 aromatic heterocycles. The molecule has 1 aromatic carbocycles. The first-order chi connectivity index (χ1) is 15.8. The molecule has 3 aromatic rings. The lowest BCUT2D eigenvalue weighted by Gasteiger charge is -2.39. The van der Waals surface area contributed by atoms with E-state index in [2.05, 4.69) is 14.9 Å². The average Bonchev–Trinajstić information content (AvgIpc) is 3.32. The number of carbonyl (C=O) groups is 2. The van der Waals surface area contributed by atoms with E-state index in [4.69, 9.17) is 4.42 Å². The normalized spacial score (nSPS) is 16.7. The van der Waals surface area contributed by atoms with Gasteiger partial charge in [-0.3, -0.25) is 19.5 Å². The van der Waals surface area contributed by atoms with Crippen LogP contribution in [0.5, 0.6) is 0 Å². The predicted molar refractivity (Wildman–Crippen MR) is 120 cm³/mol. The van der Waals surface area contributed by atoms with Crippen LogP contribution in [0.25, 0.3) is 0 Å². The van der Waals surface area contributed by atoms with Gasteiger partial charge in [-0.25, -0.2) is 9.37 Å². The smallest absolute Gasteiger partial charge is 0.291 e. The Morgan fingerprint density at radius 2 is 1.94 bits per heavy atom. The molecule has 1 atom stereocenters. The quantitative estimate of drug-likeness (QED) is 0.534. The minimum Gasteiger partial charge on any atom is -0.438 e. The standard InChI is InChI=1S/C25H27FN4O3/c1-16-4-5-19(11-28-16)23(31)10-20-8-22(26)9-21(18(20)3)14-29-6-7-30(17(2)13-29)25(32)24-12-27-15-33-24/h4-5,8-9,11-12,15,17H,6-7,10,13-14H2,1-3H3/t17-/m0/s1. The Balaban J connectivity index is 1.44. The monoisotopic (exact) mass is 450 g/mol. The van der Waals surface area contributed by atoms with Gasteiger partial charge >= 0.3 is 0 Å². The van der Waals surface area contributed by atoms with Gasteiger partial charge in [-0.1, -0.05) is 0 Å². The molecule has 0 saturated carbocycles. The Morgan fingerprint density at radius 3 is 2.61 bits per heavy atom. The van der Waals surface area contributed by atoms with Crippen LogP contribution in [-0.4, -0.2) is 57.1 Å². The Kier molecular flexibility index (Phi) is 6.65. The van der Waals surface area contributed by atoms with Crippen LogP contribution in [0.15, 0.2) is 47.5 Å². The lowest BCUT2D eigenvalue weighted by atomic mass is 9.95. The number of pyridine rings is 1. The number of aryl methyl sites for hydroxylation is 1. The summed E-state index contributed by atoms with van der Waals surface area (Å²) in [6, 6.07) is 6.49. The number of Topliss-reactive ketones (excluding diaryl/α,β-unsaturated/α-hetero) is 1. The topological polar surface area (TPSA) is 79.5 Å². The molecule has 33 heavy (non-hydrogen) atoms. The molecular weight excluding hydrogens is 423 g/mol. The average molecular weight is 451 g/mol. The fraction of sp³-hybridized carbons (Fsp3) is 0.360. The number of amides is 1. The molecule has 1 aliphatic rings. The molecule has 0 radical (unpaired) electrons. The van der Waals surface area contributed by atoms with Crippen molar-refractivity contribution in [1.82, 2.24) is 19.8 Å². The molecule has 7 nitrogen and oxygen atoms in total. The van der Waals surface area contributed by atoms with Gasteiger partial charge in [0.25, 0.3) is 5.91 Å². The molecule has 1 fully saturated rings. The zero-order valence-electron chi connectivity index (χ0n) is 19.0. The van der Waals surface area contributed by atoms with Crippen LogP contribution >= 0.6 is 0 Å². The van der Waals surface area contributed by atoms with Crippen molar-refractivity contribution in [3.05, 3.63) is 82.6 Å². The first kappa shape index (κ1) is 22.8. The van der Waals surface area contributed by atoms with Crippen LogP contribution in [0.1, 0.15) is 50.2 Å². The zero-order chi connectivity index (χ0) is 23.5. The molecule has 0 aliphatic carbocycles. The van der Waals surface area contributed by atoms with Crippen LogP contribution < -0.4 is 0 Å². The third-order valence-corrected chi connectivity index (χ3v) is 6.18. The number of piperazine rings is 1. The minimum atomic E-state index is -0.354. The lowest BCUT2D eigenvalue weighted by Crippen LogP contribution is -2.53. The van der Waals surface area contributed by atoms with Gasteiger partial charge in [0.1, 0.15) is 5.82 Å². The summed E-state index contributed by atoms with van der Waals surface area (Å²) in [7, 11) is 0. The summed E-state index contributed by atoms with van der Waals surface area (Å²) in [6.07, 6.45) is 4.36. The number of hydrogen-bond donors (Lipinski definition) is 0. The highest BCUT2D eigenvalue weighted by Gasteiger charge is 2.30. The molecule has 0 unspecified atom stereocenters. The summed E-state index contributed by atoms with van der Waals surface area (Å²) < 4.78 is 19.6. The maximum absolute atomic E-state index is 14.5. The van der Waals surface area contributed by atoms with E-state index in [1.807, 2.05) is 20.8 Å². The summed E-state index contributed by atoms with van der Waals surface area (Å²) in [5.41, 5.74) is 3.81. The van der Waals surface area contributed by atoms with Crippen molar-refractivity contribution in [1.29, 1.82) is 0 Å². The summed E-state index contributed by atoms with van der Waals surface area (Å²) in [6.45, 7) is 8.17. The third kappa shape index (κ3) is 5.17. The molecule has 8 heteroatoms. The van der Waals surface area contributed by atoms with Crippen LogP contribution in [0, 0.1) is 19.7 Å². The highest BCUT2D eigenvalue weighted by molar-refractivity contribution is 5.97. The maximum atomic E-state index is 14.5. The Bertz CT molecular complexity index is 1150. The molecule has 0 bridgehead atoms. The fourth-order valence-corrected chi connectivity index (χ4v) is 4.24. The number of halogens is 1. The van der Waals surface area contributed by atoms with Crippen molar-refractivity contribution in [2.24, 2.45) is 0 Å². The van der Waals surface area contributed by atoms with Gasteiger partial charge < -0.3 is 9.32 Å². The van der Waals surface area contributed by atoms with Crippen molar-refractivity contribution in [2.75, 3.05) is 19.6 Å². The second-order valence-corrected chi connectivity index (χ2v) is 8.59. The van der Waals surface area contributed by atoms with E-state index in [0.29, 0.717) is 37.3 Å². The Labute approximate surface area is 192 Å². The second-order valence-electron chi connectivity index (χ2n) is 8.59. The first-order valence-corrected chi connectivity index (χ1v) is 11.0. The van der Waals surface area contributed by atoms with Crippen molar-refractivity contribution in [3.63, 3.8) is 0 Å². The highest BCUT2D eigenvalue weighted by atomic mass is 19.1. The van der Waals surface area contributed by atoms with E-state index in [1.165, 1.54) is 24.7 Å². The van der Waals surface area contributed by atoms with Crippen LogP contribution in [-0.2, 0) is 13.0 Å². The summed E-state index contributed by atoms with van der Waals surface area (Å²) in [5, 5.41) is 0. The molecule has 0 N–H and O–H groups in total. The predicted octanol–water partition coefficient (Wildman–Crippen LogP) is 3.60. The van der Waals surface area contributed by atoms with Crippen molar-refractivity contribution in [2.45, 2.75) is 39.8 Å². The van der Waals surface area contributed by atoms with E-state index < -0.39 is 0 Å². The summed E-state index contributed by atoms with van der Waals surface area (Å²) in [4.78, 5) is 37.3. The number of rotatable bonds is 6. The number of nitrogens with zero attached hydrogens (tertiary/aromatic N) is 4. The van der Waals surface area contributed by atoms with Gasteiger partial charge in [-0.2, -0.15) is 0 Å². The van der Waals surface area contributed by atoms with Gasteiger partial charge in [0.2, 0.25) is 5.76 Å². The van der Waals surface area contributed by atoms with Crippen LogP contribution in [0.2, 0.25) is 0 Å². The SMILES string of the molecule is Cc1ccc(C(=O)Cc2cc(F)cc(CN3CCN(C(=O)c4cnco4)[C@@H](C)C3)c2C)cn1. The number of ketones is 1. The van der Waals surface area contributed by atoms with E-state index in [1.54, 1.807) is 23.2 Å². The molecular formula is C25H27FN4O3. The highest BCUT2D eigenvalue weighted by Crippen LogP contribution is 2.22. The van der Waals surface area contributed by atoms with Gasteiger partial charge in [-0.15, -0.1) is 0 Å². The maximum Gasteiger partial charge on any atom is 0.291 e. The fourth-order valence-electron chi connectivity index (χ4n) is 4.24. The second kappa shape index (κ2) is 9.62. The van der Waals surface area contributed by atoms with Gasteiger partial charge in [0, 0.05) is 56.1 Å². The van der Waals surface area contributed by atoms with E-state index in [0.717, 1.165) is 16.8 Å². The molecule has 4 rings (SSSR count). The number of hydrogen-bond acceptors (Lipinski definition) is 6. The van der Waals surface area contributed by atoms with E-state index >= 15 is 0 Å². The van der Waals surface area contributed by atoms with Gasteiger partial charge in [0.05, 0.1) is 6.20 Å². The van der Waals surface area contributed by atoms with E-state index in [-0.39, 0.29) is 35.7 Å². The largest absolute Gasteiger partial charge is 0.438 e.